The van der Waals surface area contributed by atoms with Gasteiger partial charge in [0.2, 0.25) is 0 Å². The van der Waals surface area contributed by atoms with Gasteiger partial charge in [-0.2, -0.15) is 0 Å². The maximum Gasteiger partial charge on any atom is 0.500 e. The summed E-state index contributed by atoms with van der Waals surface area (Å²) in [6.07, 6.45) is 11.4. The Labute approximate surface area is 189 Å². The second-order valence-corrected chi connectivity index (χ2v) is 11.0. The number of carbonyl (C=O) groups is 1. The van der Waals surface area contributed by atoms with Crippen LogP contribution in [-0.2, 0) is 18.1 Å². The molecule has 0 radical (unpaired) electrons. The molecule has 1 aliphatic carbocycles. The number of benzene rings is 1. The fourth-order valence-electron chi connectivity index (χ4n) is 4.64. The van der Waals surface area contributed by atoms with E-state index >= 15 is 0 Å². The molecule has 0 atom stereocenters. The van der Waals surface area contributed by atoms with Crippen LogP contribution < -0.4 is 0 Å². The van der Waals surface area contributed by atoms with E-state index in [4.69, 9.17) is 18.4 Å². The van der Waals surface area contributed by atoms with Gasteiger partial charge in [0, 0.05) is 31.9 Å². The molecule has 1 fully saturated rings. The Balaban J connectivity index is 1.77. The molecule has 1 aromatic carbocycles. The highest BCUT2D eigenvalue weighted by Gasteiger charge is 2.39. The normalized spacial score (nSPS) is 19.7. The second-order valence-electron chi connectivity index (χ2n) is 8.29. The van der Waals surface area contributed by atoms with E-state index in [1.165, 1.54) is 50.2 Å². The number of aliphatic carboxylic acids is 1. The molecule has 1 N–H and O–H groups in total. The zero-order valence-electron chi connectivity index (χ0n) is 19.5. The summed E-state index contributed by atoms with van der Waals surface area (Å²) in [5, 5.41) is 8.83. The third kappa shape index (κ3) is 8.89. The van der Waals surface area contributed by atoms with Crippen molar-refractivity contribution >= 4 is 20.8 Å². The first-order valence-electron chi connectivity index (χ1n) is 11.9. The lowest BCUT2D eigenvalue weighted by atomic mass is 9.77. The standard InChI is InChI=1S/C25H40O5Si/c1-4-28-31(29-5-2,30-6-3)19-8-7-10-21-13-16-23(17-14-21)24-12-9-11-22(20-24)15-18-25(26)27/h9,11-12,15,18,20-21,23H,4-8,10,13-14,16-17,19H2,1-3H3,(H,26,27)/b18-15+. The van der Waals surface area contributed by atoms with E-state index in [2.05, 4.69) is 12.1 Å². The van der Waals surface area contributed by atoms with Crippen molar-refractivity contribution in [2.45, 2.75) is 77.7 Å². The van der Waals surface area contributed by atoms with Crippen LogP contribution in [0.2, 0.25) is 6.04 Å². The van der Waals surface area contributed by atoms with E-state index in [1.54, 1.807) is 6.08 Å². The minimum atomic E-state index is -2.50. The Morgan fingerprint density at radius 2 is 1.68 bits per heavy atom. The van der Waals surface area contributed by atoms with E-state index in [9.17, 15) is 4.79 Å². The number of unbranched alkanes of at least 4 members (excludes halogenated alkanes) is 1. The Morgan fingerprint density at radius 1 is 1.03 bits per heavy atom. The molecule has 0 aliphatic heterocycles. The summed E-state index contributed by atoms with van der Waals surface area (Å²) in [6, 6.07) is 9.24. The molecule has 0 aromatic heterocycles. The highest BCUT2D eigenvalue weighted by atomic mass is 28.4. The molecule has 0 bridgehead atoms. The lowest BCUT2D eigenvalue weighted by molar-refractivity contribution is -0.131. The Kier molecular flexibility index (Phi) is 11.5. The maximum absolute atomic E-state index is 10.8. The lowest BCUT2D eigenvalue weighted by Gasteiger charge is -2.30. The van der Waals surface area contributed by atoms with E-state index in [-0.39, 0.29) is 0 Å². The first-order valence-corrected chi connectivity index (χ1v) is 13.9. The molecule has 1 saturated carbocycles. The maximum atomic E-state index is 10.8. The third-order valence-electron chi connectivity index (χ3n) is 6.09. The van der Waals surface area contributed by atoms with Gasteiger partial charge in [0.15, 0.2) is 0 Å². The van der Waals surface area contributed by atoms with Crippen molar-refractivity contribution in [3.63, 3.8) is 0 Å². The van der Waals surface area contributed by atoms with Crippen LogP contribution in [0.3, 0.4) is 0 Å². The summed E-state index contributed by atoms with van der Waals surface area (Å²) in [5.41, 5.74) is 2.31. The summed E-state index contributed by atoms with van der Waals surface area (Å²) in [5.74, 6) is 0.478. The molecule has 174 valence electrons. The second kappa shape index (κ2) is 13.8. The molecule has 5 nitrogen and oxygen atoms in total. The number of carboxylic acid groups (broad SMARTS) is 1. The van der Waals surface area contributed by atoms with Crippen LogP contribution in [0.15, 0.2) is 30.3 Å². The Morgan fingerprint density at radius 3 is 2.26 bits per heavy atom. The molecule has 1 aliphatic rings. The summed E-state index contributed by atoms with van der Waals surface area (Å²) < 4.78 is 17.9. The lowest BCUT2D eigenvalue weighted by Crippen LogP contribution is -2.45. The van der Waals surface area contributed by atoms with Gasteiger partial charge in [0.25, 0.3) is 0 Å². The van der Waals surface area contributed by atoms with Gasteiger partial charge in [0.1, 0.15) is 0 Å². The molecule has 31 heavy (non-hydrogen) atoms. The SMILES string of the molecule is CCO[Si](CCCCC1CCC(c2cccc(/C=C/C(=O)O)c2)CC1)(OCC)OCC. The number of hydrogen-bond donors (Lipinski definition) is 1. The zero-order chi connectivity index (χ0) is 22.5. The van der Waals surface area contributed by atoms with Crippen molar-refractivity contribution < 1.29 is 23.2 Å². The molecule has 0 heterocycles. The Bertz CT molecular complexity index is 665. The van der Waals surface area contributed by atoms with E-state index < -0.39 is 14.8 Å². The van der Waals surface area contributed by atoms with Gasteiger partial charge in [0.05, 0.1) is 0 Å². The first kappa shape index (κ1) is 25.8. The number of hydrogen-bond acceptors (Lipinski definition) is 4. The summed E-state index contributed by atoms with van der Waals surface area (Å²) in [6.45, 7) is 7.96. The quantitative estimate of drug-likeness (QED) is 0.206. The highest BCUT2D eigenvalue weighted by Crippen LogP contribution is 2.38. The largest absolute Gasteiger partial charge is 0.500 e. The molecule has 1 aromatic rings. The minimum absolute atomic E-state index is 0.586. The van der Waals surface area contributed by atoms with Crippen LogP contribution >= 0.6 is 0 Å². The van der Waals surface area contributed by atoms with Crippen molar-refractivity contribution in [2.75, 3.05) is 19.8 Å². The summed E-state index contributed by atoms with van der Waals surface area (Å²) in [4.78, 5) is 10.8. The Hall–Kier alpha value is -1.47. The fraction of sp³-hybridized carbons (Fsp3) is 0.640. The monoisotopic (exact) mass is 448 g/mol. The molecule has 0 spiro atoms. The van der Waals surface area contributed by atoms with E-state index in [1.807, 2.05) is 32.9 Å². The van der Waals surface area contributed by atoms with Crippen molar-refractivity contribution in [3.05, 3.63) is 41.5 Å². The molecule has 0 unspecified atom stereocenters. The van der Waals surface area contributed by atoms with Gasteiger partial charge < -0.3 is 18.4 Å². The van der Waals surface area contributed by atoms with Crippen molar-refractivity contribution in [2.24, 2.45) is 5.92 Å². The predicted octanol–water partition coefficient (Wildman–Crippen LogP) is 6.28. The van der Waals surface area contributed by atoms with Crippen LogP contribution in [0, 0.1) is 5.92 Å². The van der Waals surface area contributed by atoms with Crippen LogP contribution in [0.5, 0.6) is 0 Å². The van der Waals surface area contributed by atoms with Gasteiger partial charge >= 0.3 is 14.8 Å². The van der Waals surface area contributed by atoms with Crippen LogP contribution in [0.1, 0.15) is 82.8 Å². The van der Waals surface area contributed by atoms with Crippen LogP contribution in [0.4, 0.5) is 0 Å². The van der Waals surface area contributed by atoms with Crippen LogP contribution in [-0.4, -0.2) is 39.7 Å². The van der Waals surface area contributed by atoms with Gasteiger partial charge in [-0.25, -0.2) is 4.79 Å². The van der Waals surface area contributed by atoms with E-state index in [0.29, 0.717) is 25.7 Å². The summed E-state index contributed by atoms with van der Waals surface area (Å²) in [7, 11) is -2.50. The predicted molar refractivity (Wildman–Crippen MR) is 127 cm³/mol. The topological polar surface area (TPSA) is 65.0 Å². The van der Waals surface area contributed by atoms with Gasteiger partial charge in [-0.3, -0.25) is 0 Å². The molecule has 2 rings (SSSR count). The molecule has 0 amide bonds. The average molecular weight is 449 g/mol. The van der Waals surface area contributed by atoms with E-state index in [0.717, 1.165) is 23.9 Å². The van der Waals surface area contributed by atoms with Crippen molar-refractivity contribution in [1.29, 1.82) is 0 Å². The smallest absolute Gasteiger partial charge is 0.478 e. The van der Waals surface area contributed by atoms with Crippen LogP contribution in [0.25, 0.3) is 6.08 Å². The van der Waals surface area contributed by atoms with Gasteiger partial charge in [-0.05, 0) is 81.9 Å². The molecule has 6 heteroatoms. The number of rotatable bonds is 14. The third-order valence-corrected chi connectivity index (χ3v) is 9.24. The minimum Gasteiger partial charge on any atom is -0.478 e. The average Bonchev–Trinajstić information content (AvgIpc) is 2.76. The van der Waals surface area contributed by atoms with Gasteiger partial charge in [-0.15, -0.1) is 0 Å². The fourth-order valence-corrected chi connectivity index (χ4v) is 7.33. The zero-order valence-corrected chi connectivity index (χ0v) is 20.5. The first-order chi connectivity index (χ1) is 15.0. The number of carboxylic acids is 1. The van der Waals surface area contributed by atoms with Crippen molar-refractivity contribution in [3.8, 4) is 0 Å². The highest BCUT2D eigenvalue weighted by molar-refractivity contribution is 6.60. The molecular weight excluding hydrogens is 408 g/mol. The summed E-state index contributed by atoms with van der Waals surface area (Å²) >= 11 is 0. The molecule has 0 saturated heterocycles. The van der Waals surface area contributed by atoms with Gasteiger partial charge in [-0.1, -0.05) is 37.1 Å². The molecular formula is C25H40O5Si. The van der Waals surface area contributed by atoms with Crippen molar-refractivity contribution in [1.82, 2.24) is 0 Å².